The third-order valence-electron chi connectivity index (χ3n) is 5.45. The number of sulfone groups is 1. The number of hydrogen-bond acceptors (Lipinski definition) is 4. The van der Waals surface area contributed by atoms with Crippen LogP contribution < -0.4 is 0 Å². The summed E-state index contributed by atoms with van der Waals surface area (Å²) < 4.78 is 26.3. The second kappa shape index (κ2) is 9.95. The zero-order chi connectivity index (χ0) is 20.9. The Morgan fingerprint density at radius 1 is 1.03 bits per heavy atom. The molecule has 0 N–H and O–H groups in total. The molecule has 0 atom stereocenters. The first-order chi connectivity index (χ1) is 13.9. The fourth-order valence-electron chi connectivity index (χ4n) is 3.83. The van der Waals surface area contributed by atoms with Gasteiger partial charge in [-0.2, -0.15) is 5.26 Å². The van der Waals surface area contributed by atoms with Crippen LogP contribution in [0.3, 0.4) is 0 Å². The first-order valence-corrected chi connectivity index (χ1v) is 12.2. The molecule has 0 amide bonds. The van der Waals surface area contributed by atoms with Crippen molar-refractivity contribution in [1.82, 2.24) is 4.90 Å². The smallest absolute Gasteiger partial charge is 0.193 e. The van der Waals surface area contributed by atoms with Crippen molar-refractivity contribution in [3.05, 3.63) is 63.6 Å². The van der Waals surface area contributed by atoms with Gasteiger partial charge in [0.05, 0.1) is 26.6 Å². The van der Waals surface area contributed by atoms with Gasteiger partial charge in [-0.25, -0.2) is 8.42 Å². The third-order valence-corrected chi connectivity index (χ3v) is 8.06. The van der Waals surface area contributed by atoms with Crippen molar-refractivity contribution in [1.29, 1.82) is 5.26 Å². The molecule has 2 aromatic rings. The van der Waals surface area contributed by atoms with Crippen LogP contribution in [0.25, 0.3) is 0 Å². The number of rotatable bonds is 7. The highest BCUT2D eigenvalue weighted by atomic mass is 35.5. The van der Waals surface area contributed by atoms with E-state index in [4.69, 9.17) is 28.5 Å². The van der Waals surface area contributed by atoms with E-state index in [2.05, 4.69) is 11.0 Å². The lowest BCUT2D eigenvalue weighted by Gasteiger charge is -2.34. The molecule has 1 saturated carbocycles. The van der Waals surface area contributed by atoms with E-state index < -0.39 is 9.84 Å². The van der Waals surface area contributed by atoms with Crippen molar-refractivity contribution >= 4 is 33.0 Å². The van der Waals surface area contributed by atoms with Gasteiger partial charge in [0, 0.05) is 12.6 Å². The number of halogens is 2. The maximum Gasteiger partial charge on any atom is 0.193 e. The summed E-state index contributed by atoms with van der Waals surface area (Å²) in [7, 11) is -3.61. The summed E-state index contributed by atoms with van der Waals surface area (Å²) in [5.41, 5.74) is 1.71. The molecule has 1 aliphatic rings. The Morgan fingerprint density at radius 3 is 2.38 bits per heavy atom. The quantitative estimate of drug-likeness (QED) is 0.560. The summed E-state index contributed by atoms with van der Waals surface area (Å²) in [5, 5.41) is 9.28. The Balaban J connectivity index is 1.79. The molecule has 29 heavy (non-hydrogen) atoms. The van der Waals surface area contributed by atoms with E-state index in [9.17, 15) is 8.42 Å². The molecule has 7 heteroatoms. The monoisotopic (exact) mass is 450 g/mol. The molecule has 1 fully saturated rings. The van der Waals surface area contributed by atoms with Crippen LogP contribution in [-0.4, -0.2) is 31.8 Å². The van der Waals surface area contributed by atoms with Gasteiger partial charge in [0.25, 0.3) is 0 Å². The largest absolute Gasteiger partial charge is 0.286 e. The number of hydrogen-bond donors (Lipinski definition) is 0. The van der Waals surface area contributed by atoms with E-state index in [1.807, 2.05) is 12.1 Å². The van der Waals surface area contributed by atoms with E-state index in [1.165, 1.54) is 12.5 Å². The summed E-state index contributed by atoms with van der Waals surface area (Å²) in [5.74, 6) is -0.0754. The van der Waals surface area contributed by atoms with Crippen molar-refractivity contribution in [3.8, 4) is 6.07 Å². The van der Waals surface area contributed by atoms with E-state index in [1.54, 1.807) is 24.3 Å². The van der Waals surface area contributed by atoms with Crippen LogP contribution in [0, 0.1) is 11.3 Å². The van der Waals surface area contributed by atoms with Gasteiger partial charge in [0.1, 0.15) is 5.88 Å². The summed E-state index contributed by atoms with van der Waals surface area (Å²) in [4.78, 5) is 2.16. The van der Waals surface area contributed by atoms with Crippen LogP contribution in [0.4, 0.5) is 0 Å². The van der Waals surface area contributed by atoms with Gasteiger partial charge in [0.15, 0.2) is 9.84 Å². The molecule has 0 radical (unpaired) electrons. The Hall–Kier alpha value is -1.58. The lowest BCUT2D eigenvalue weighted by Crippen LogP contribution is -2.41. The average Bonchev–Trinajstić information content (AvgIpc) is 2.74. The molecule has 2 aromatic carbocycles. The first kappa shape index (κ1) is 22.1. The van der Waals surface area contributed by atoms with Crippen LogP contribution in [0.15, 0.2) is 47.4 Å². The SMILES string of the molecule is N#Cc1ccc(CCN(CS(=O)(=O)c2cccc(Cl)c2Cl)C2CCCCC2)cc1. The zero-order valence-electron chi connectivity index (χ0n) is 16.2. The van der Waals surface area contributed by atoms with Gasteiger partial charge in [-0.1, -0.05) is 60.7 Å². The minimum atomic E-state index is -3.61. The van der Waals surface area contributed by atoms with E-state index in [0.29, 0.717) is 12.1 Å². The summed E-state index contributed by atoms with van der Waals surface area (Å²) in [6.07, 6.45) is 6.18. The molecule has 0 saturated heterocycles. The maximum absolute atomic E-state index is 13.1. The molecule has 1 aliphatic carbocycles. The summed E-state index contributed by atoms with van der Waals surface area (Å²) in [6, 6.07) is 14.5. The Morgan fingerprint density at radius 2 is 1.72 bits per heavy atom. The van der Waals surface area contributed by atoms with Gasteiger partial charge < -0.3 is 0 Å². The highest BCUT2D eigenvalue weighted by Crippen LogP contribution is 2.31. The molecule has 154 valence electrons. The Kier molecular flexibility index (Phi) is 7.59. The predicted octanol–water partition coefficient (Wildman–Crippen LogP) is 5.47. The average molecular weight is 451 g/mol. The molecule has 0 bridgehead atoms. The van der Waals surface area contributed by atoms with Gasteiger partial charge in [-0.05, 0) is 49.1 Å². The van der Waals surface area contributed by atoms with Crippen LogP contribution in [0.1, 0.15) is 43.2 Å². The molecule has 4 nitrogen and oxygen atoms in total. The zero-order valence-corrected chi connectivity index (χ0v) is 18.5. The van der Waals surface area contributed by atoms with Gasteiger partial charge in [0.2, 0.25) is 0 Å². The van der Waals surface area contributed by atoms with Crippen molar-refractivity contribution < 1.29 is 8.42 Å². The molecule has 0 unspecified atom stereocenters. The molecule has 0 spiro atoms. The first-order valence-electron chi connectivity index (χ1n) is 9.80. The Labute approximate surface area is 183 Å². The minimum absolute atomic E-state index is 0.0754. The van der Waals surface area contributed by atoms with Gasteiger partial charge >= 0.3 is 0 Å². The van der Waals surface area contributed by atoms with E-state index in [-0.39, 0.29) is 26.9 Å². The van der Waals surface area contributed by atoms with Crippen LogP contribution in [0.5, 0.6) is 0 Å². The lowest BCUT2D eigenvalue weighted by atomic mass is 9.94. The predicted molar refractivity (Wildman–Crippen MR) is 117 cm³/mol. The van der Waals surface area contributed by atoms with Crippen LogP contribution >= 0.6 is 23.2 Å². The van der Waals surface area contributed by atoms with Crippen molar-refractivity contribution in [2.75, 3.05) is 12.4 Å². The van der Waals surface area contributed by atoms with Crippen molar-refractivity contribution in [3.63, 3.8) is 0 Å². The van der Waals surface area contributed by atoms with Crippen molar-refractivity contribution in [2.24, 2.45) is 0 Å². The number of nitriles is 1. The van der Waals surface area contributed by atoms with Crippen molar-refractivity contribution in [2.45, 2.75) is 49.5 Å². The summed E-state index contributed by atoms with van der Waals surface area (Å²) >= 11 is 12.2. The highest BCUT2D eigenvalue weighted by molar-refractivity contribution is 7.91. The second-order valence-electron chi connectivity index (χ2n) is 7.46. The lowest BCUT2D eigenvalue weighted by molar-refractivity contribution is 0.182. The third kappa shape index (κ3) is 5.73. The topological polar surface area (TPSA) is 61.2 Å². The maximum atomic E-state index is 13.1. The van der Waals surface area contributed by atoms with Crippen LogP contribution in [0.2, 0.25) is 10.0 Å². The summed E-state index contributed by atoms with van der Waals surface area (Å²) in [6.45, 7) is 0.633. The van der Waals surface area contributed by atoms with E-state index in [0.717, 1.165) is 37.7 Å². The van der Waals surface area contributed by atoms with E-state index >= 15 is 0 Å². The van der Waals surface area contributed by atoms with Crippen LogP contribution in [-0.2, 0) is 16.3 Å². The number of nitrogens with zero attached hydrogens (tertiary/aromatic N) is 2. The molecular weight excluding hydrogens is 427 g/mol. The number of benzene rings is 2. The minimum Gasteiger partial charge on any atom is -0.286 e. The fraction of sp³-hybridized carbons (Fsp3) is 0.409. The highest BCUT2D eigenvalue weighted by Gasteiger charge is 2.28. The molecule has 0 aromatic heterocycles. The second-order valence-corrected chi connectivity index (χ2v) is 10.2. The normalized spacial score (nSPS) is 15.4. The van der Waals surface area contributed by atoms with Gasteiger partial charge in [-0.3, -0.25) is 4.90 Å². The Bertz CT molecular complexity index is 979. The molecule has 0 heterocycles. The van der Waals surface area contributed by atoms with Gasteiger partial charge in [-0.15, -0.1) is 0 Å². The molecule has 0 aliphatic heterocycles. The fourth-order valence-corrected chi connectivity index (χ4v) is 6.12. The molecular formula is C22H24Cl2N2O2S. The molecule has 3 rings (SSSR count). The standard InChI is InChI=1S/C22H24Cl2N2O2S/c23-20-7-4-8-21(22(20)24)29(27,28)16-26(19-5-2-1-3-6-19)14-13-17-9-11-18(15-25)12-10-17/h4,7-12,19H,1-3,5-6,13-14,16H2.